The maximum Gasteiger partial charge on any atom is 0.224 e. The zero-order valence-corrected chi connectivity index (χ0v) is 14.1. The van der Waals surface area contributed by atoms with E-state index in [1.54, 1.807) is 0 Å². The number of halogens is 1. The highest BCUT2D eigenvalue weighted by atomic mass is 35.5. The normalized spacial score (nSPS) is 19.4. The molecule has 21 heavy (non-hydrogen) atoms. The van der Waals surface area contributed by atoms with Crippen LogP contribution in [0.25, 0.3) is 0 Å². The molecule has 1 saturated heterocycles. The van der Waals surface area contributed by atoms with Crippen LogP contribution in [0.5, 0.6) is 0 Å². The summed E-state index contributed by atoms with van der Waals surface area (Å²) in [5.74, 6) is 2.29. The Kier molecular flexibility index (Phi) is 6.87. The van der Waals surface area contributed by atoms with Gasteiger partial charge in [0.1, 0.15) is 0 Å². The van der Waals surface area contributed by atoms with E-state index in [0.29, 0.717) is 0 Å². The molecule has 0 unspecified atom stereocenters. The molecule has 1 aliphatic rings. The second-order valence-electron chi connectivity index (χ2n) is 5.57. The molecule has 116 valence electrons. The first-order valence-corrected chi connectivity index (χ1v) is 8.97. The second-order valence-corrected chi connectivity index (χ2v) is 7.11. The predicted octanol–water partition coefficient (Wildman–Crippen LogP) is 3.03. The molecule has 1 N–H and O–H groups in total. The first-order valence-electron chi connectivity index (χ1n) is 7.43. The summed E-state index contributed by atoms with van der Waals surface area (Å²) >= 11 is 7.69. The Labute approximate surface area is 136 Å². The molecule has 0 aliphatic carbocycles. The van der Waals surface area contributed by atoms with E-state index in [9.17, 15) is 4.79 Å². The molecule has 0 bridgehead atoms. The van der Waals surface area contributed by atoms with Gasteiger partial charge in [0.2, 0.25) is 5.91 Å². The first kappa shape index (κ1) is 16.7. The van der Waals surface area contributed by atoms with Crippen molar-refractivity contribution < 1.29 is 4.79 Å². The molecule has 1 fully saturated rings. The van der Waals surface area contributed by atoms with Gasteiger partial charge >= 0.3 is 0 Å². The Morgan fingerprint density at radius 2 is 2.19 bits per heavy atom. The van der Waals surface area contributed by atoms with Gasteiger partial charge in [-0.3, -0.25) is 4.79 Å². The average molecular weight is 327 g/mol. The third kappa shape index (κ3) is 5.89. The van der Waals surface area contributed by atoms with Gasteiger partial charge in [-0.25, -0.2) is 0 Å². The van der Waals surface area contributed by atoms with E-state index < -0.39 is 0 Å². The van der Waals surface area contributed by atoms with E-state index in [2.05, 4.69) is 17.3 Å². The maximum atomic E-state index is 12.1. The third-order valence-corrected chi connectivity index (χ3v) is 5.01. The van der Waals surface area contributed by atoms with Gasteiger partial charge in [-0.1, -0.05) is 23.7 Å². The fourth-order valence-electron chi connectivity index (χ4n) is 2.54. The number of piperidine rings is 1. The van der Waals surface area contributed by atoms with Gasteiger partial charge in [0, 0.05) is 29.6 Å². The molecule has 0 radical (unpaired) electrons. The molecule has 1 atom stereocenters. The number of carbonyl (C=O) groups is 1. The molecular formula is C16H23ClN2OS. The van der Waals surface area contributed by atoms with Crippen molar-refractivity contribution in [2.24, 2.45) is 5.92 Å². The lowest BCUT2D eigenvalue weighted by Gasteiger charge is -2.28. The van der Waals surface area contributed by atoms with E-state index in [-0.39, 0.29) is 11.8 Å². The summed E-state index contributed by atoms with van der Waals surface area (Å²) in [6.45, 7) is 2.75. The van der Waals surface area contributed by atoms with E-state index >= 15 is 0 Å². The molecule has 1 aromatic rings. The maximum absolute atomic E-state index is 12.1. The highest BCUT2D eigenvalue weighted by Gasteiger charge is 2.23. The quantitative estimate of drug-likeness (QED) is 0.816. The monoisotopic (exact) mass is 326 g/mol. The van der Waals surface area contributed by atoms with Crippen LogP contribution in [0.4, 0.5) is 0 Å². The Morgan fingerprint density at radius 3 is 2.90 bits per heavy atom. The van der Waals surface area contributed by atoms with Gasteiger partial charge in [0.05, 0.1) is 5.92 Å². The van der Waals surface area contributed by atoms with Gasteiger partial charge in [-0.2, -0.15) is 11.8 Å². The van der Waals surface area contributed by atoms with Crippen molar-refractivity contribution in [3.63, 3.8) is 0 Å². The highest BCUT2D eigenvalue weighted by Crippen LogP contribution is 2.16. The molecule has 5 heteroatoms. The van der Waals surface area contributed by atoms with E-state index in [0.717, 1.165) is 49.0 Å². The number of rotatable bonds is 6. The van der Waals surface area contributed by atoms with E-state index in [4.69, 9.17) is 11.6 Å². The molecule has 0 aromatic heterocycles. The molecule has 3 nitrogen and oxygen atoms in total. The number of nitrogens with one attached hydrogen (secondary N) is 1. The Hall–Kier alpha value is -0.710. The van der Waals surface area contributed by atoms with Gasteiger partial charge < -0.3 is 10.2 Å². The summed E-state index contributed by atoms with van der Waals surface area (Å²) in [5, 5.41) is 3.83. The number of likely N-dealkylation sites (tertiary alicyclic amines) is 1. The van der Waals surface area contributed by atoms with Crippen molar-refractivity contribution in [2.75, 3.05) is 32.4 Å². The zero-order chi connectivity index (χ0) is 15.1. The van der Waals surface area contributed by atoms with Crippen LogP contribution in [-0.2, 0) is 10.5 Å². The van der Waals surface area contributed by atoms with Crippen molar-refractivity contribution in [1.29, 1.82) is 0 Å². The van der Waals surface area contributed by atoms with Crippen LogP contribution in [0.3, 0.4) is 0 Å². The predicted molar refractivity (Wildman–Crippen MR) is 90.8 cm³/mol. The summed E-state index contributed by atoms with van der Waals surface area (Å²) in [5.41, 5.74) is 1.27. The lowest BCUT2D eigenvalue weighted by atomic mass is 9.98. The van der Waals surface area contributed by atoms with Gasteiger partial charge in [-0.05, 0) is 44.1 Å². The minimum Gasteiger partial charge on any atom is -0.355 e. The van der Waals surface area contributed by atoms with Crippen molar-refractivity contribution in [3.8, 4) is 0 Å². The fraction of sp³-hybridized carbons (Fsp3) is 0.562. The standard InChI is InChI=1S/C16H23ClN2OS/c1-19-9-2-3-14(11-19)16(20)18-8-10-21-12-13-4-6-15(17)7-5-13/h4-7,14H,2-3,8-12H2,1H3,(H,18,20)/t14-/m1/s1. The van der Waals surface area contributed by atoms with Crippen LogP contribution in [0.15, 0.2) is 24.3 Å². The minimum absolute atomic E-state index is 0.171. The van der Waals surface area contributed by atoms with Gasteiger partial charge in [0.15, 0.2) is 0 Å². The molecule has 1 amide bonds. The van der Waals surface area contributed by atoms with Crippen LogP contribution in [0.2, 0.25) is 5.02 Å². The average Bonchev–Trinajstić information content (AvgIpc) is 2.48. The van der Waals surface area contributed by atoms with Crippen LogP contribution in [-0.4, -0.2) is 43.2 Å². The van der Waals surface area contributed by atoms with Crippen LogP contribution in [0, 0.1) is 5.92 Å². The molecule has 0 saturated carbocycles. The summed E-state index contributed by atoms with van der Waals surface area (Å²) in [6.07, 6.45) is 2.15. The highest BCUT2D eigenvalue weighted by molar-refractivity contribution is 7.98. The summed E-state index contributed by atoms with van der Waals surface area (Å²) in [4.78, 5) is 14.3. The van der Waals surface area contributed by atoms with Crippen molar-refractivity contribution in [3.05, 3.63) is 34.9 Å². The largest absolute Gasteiger partial charge is 0.355 e. The SMILES string of the molecule is CN1CCC[C@@H](C(=O)NCCSCc2ccc(Cl)cc2)C1. The summed E-state index contributed by atoms with van der Waals surface area (Å²) in [7, 11) is 2.08. The first-order chi connectivity index (χ1) is 10.1. The number of benzene rings is 1. The van der Waals surface area contributed by atoms with Gasteiger partial charge in [0.25, 0.3) is 0 Å². The Balaban J connectivity index is 1.59. The van der Waals surface area contributed by atoms with Crippen molar-refractivity contribution in [1.82, 2.24) is 10.2 Å². The minimum atomic E-state index is 0.171. The zero-order valence-electron chi connectivity index (χ0n) is 12.5. The smallest absolute Gasteiger partial charge is 0.224 e. The number of nitrogens with zero attached hydrogens (tertiary/aromatic N) is 1. The molecule has 1 heterocycles. The molecule has 0 spiro atoms. The lowest BCUT2D eigenvalue weighted by Crippen LogP contribution is -2.41. The number of hydrogen-bond acceptors (Lipinski definition) is 3. The van der Waals surface area contributed by atoms with Crippen LogP contribution in [0.1, 0.15) is 18.4 Å². The number of hydrogen-bond donors (Lipinski definition) is 1. The van der Waals surface area contributed by atoms with Gasteiger partial charge in [-0.15, -0.1) is 0 Å². The fourth-order valence-corrected chi connectivity index (χ4v) is 3.49. The van der Waals surface area contributed by atoms with Crippen molar-refractivity contribution in [2.45, 2.75) is 18.6 Å². The molecule has 1 aliphatic heterocycles. The second kappa shape index (κ2) is 8.66. The van der Waals surface area contributed by atoms with E-state index in [1.807, 2.05) is 36.0 Å². The summed E-state index contributed by atoms with van der Waals surface area (Å²) < 4.78 is 0. The number of thioether (sulfide) groups is 1. The number of amides is 1. The third-order valence-electron chi connectivity index (χ3n) is 3.72. The van der Waals surface area contributed by atoms with E-state index in [1.165, 1.54) is 5.56 Å². The van der Waals surface area contributed by atoms with Crippen LogP contribution < -0.4 is 5.32 Å². The summed E-state index contributed by atoms with van der Waals surface area (Å²) in [6, 6.07) is 7.93. The Bertz CT molecular complexity index is 452. The molecule has 2 rings (SSSR count). The molecular weight excluding hydrogens is 304 g/mol. The molecule has 1 aromatic carbocycles. The lowest BCUT2D eigenvalue weighted by molar-refractivity contribution is -0.126. The van der Waals surface area contributed by atoms with Crippen molar-refractivity contribution >= 4 is 29.3 Å². The topological polar surface area (TPSA) is 32.3 Å². The Morgan fingerprint density at radius 1 is 1.43 bits per heavy atom. The number of carbonyl (C=O) groups excluding carboxylic acids is 1. The van der Waals surface area contributed by atoms with Crippen LogP contribution >= 0.6 is 23.4 Å².